The lowest BCUT2D eigenvalue weighted by Gasteiger charge is -2.34. The number of amides is 2. The number of thioether (sulfide) groups is 1. The summed E-state index contributed by atoms with van der Waals surface area (Å²) in [6, 6.07) is 2.92. The summed E-state index contributed by atoms with van der Waals surface area (Å²) in [7, 11) is 1.43. The monoisotopic (exact) mass is 484 g/mol. The Kier molecular flexibility index (Phi) is 7.71. The summed E-state index contributed by atoms with van der Waals surface area (Å²) in [6.45, 7) is 6.32. The second kappa shape index (κ2) is 10.3. The first-order valence-electron chi connectivity index (χ1n) is 9.27. The number of carbonyl (C=O) groups is 1. The number of carbonyl (C=O) groups excluding carboxylic acids is 1. The number of benzene rings is 1. The quantitative estimate of drug-likeness (QED) is 0.565. The summed E-state index contributed by atoms with van der Waals surface area (Å²) >= 11 is 13.2. The van der Waals surface area contributed by atoms with Crippen LogP contribution in [0.3, 0.4) is 0 Å². The number of nitrogens with one attached hydrogen (secondary N) is 1. The molecule has 3 rings (SSSR count). The van der Waals surface area contributed by atoms with Crippen molar-refractivity contribution in [2.24, 2.45) is 15.7 Å². The lowest BCUT2D eigenvalue weighted by molar-refractivity contribution is 0.137. The molecule has 2 heterocycles. The lowest BCUT2D eigenvalue weighted by Crippen LogP contribution is -2.52. The number of nitrogens with zero attached hydrogens (tertiary/aromatic N) is 4. The molecule has 2 aliphatic rings. The third kappa shape index (κ3) is 5.65. The third-order valence-corrected chi connectivity index (χ3v) is 6.03. The van der Waals surface area contributed by atoms with Crippen molar-refractivity contribution in [3.63, 3.8) is 0 Å². The molecule has 4 N–H and O–H groups in total. The number of ether oxygens (including phenoxy) is 1. The van der Waals surface area contributed by atoms with Crippen LogP contribution in [-0.4, -0.2) is 64.4 Å². The first-order valence-corrected chi connectivity index (χ1v) is 10.8. The van der Waals surface area contributed by atoms with Gasteiger partial charge in [0.25, 0.3) is 0 Å². The van der Waals surface area contributed by atoms with Crippen LogP contribution in [0.25, 0.3) is 0 Å². The summed E-state index contributed by atoms with van der Waals surface area (Å²) in [4.78, 5) is 24.9. The Balaban J connectivity index is 1.57. The number of rotatable bonds is 4. The summed E-state index contributed by atoms with van der Waals surface area (Å²) in [5.41, 5.74) is 6.80. The zero-order valence-electron chi connectivity index (χ0n) is 16.8. The van der Waals surface area contributed by atoms with Crippen LogP contribution in [0.4, 0.5) is 4.79 Å². The minimum atomic E-state index is -0.269. The summed E-state index contributed by atoms with van der Waals surface area (Å²) in [5.74, 6) is 0.133. The molecule has 31 heavy (non-hydrogen) atoms. The average Bonchev–Trinajstić information content (AvgIpc) is 3.14. The van der Waals surface area contributed by atoms with Gasteiger partial charge in [0, 0.05) is 49.5 Å². The minimum absolute atomic E-state index is 0.0266. The number of methoxy groups -OCH3 is 1. The van der Waals surface area contributed by atoms with E-state index in [-0.39, 0.29) is 22.7 Å². The molecule has 1 aromatic rings. The van der Waals surface area contributed by atoms with Crippen molar-refractivity contribution in [2.45, 2.75) is 6.54 Å². The molecule has 0 spiro atoms. The van der Waals surface area contributed by atoms with E-state index in [9.17, 15) is 9.90 Å². The van der Waals surface area contributed by atoms with Crippen molar-refractivity contribution in [3.05, 3.63) is 52.1 Å². The highest BCUT2D eigenvalue weighted by Gasteiger charge is 2.28. The number of amidine groups is 1. The first kappa shape index (κ1) is 23.3. The van der Waals surface area contributed by atoms with E-state index in [1.165, 1.54) is 31.1 Å². The summed E-state index contributed by atoms with van der Waals surface area (Å²) < 4.78 is 5.02. The number of nitrogens with two attached hydrogens (primary N) is 1. The van der Waals surface area contributed by atoms with E-state index in [1.54, 1.807) is 11.0 Å². The van der Waals surface area contributed by atoms with Gasteiger partial charge in [-0.3, -0.25) is 10.2 Å². The van der Waals surface area contributed by atoms with Gasteiger partial charge < -0.3 is 20.5 Å². The van der Waals surface area contributed by atoms with Gasteiger partial charge in [-0.1, -0.05) is 29.8 Å². The summed E-state index contributed by atoms with van der Waals surface area (Å²) in [5, 5.41) is 14.5. The number of hydrogen-bond donors (Lipinski definition) is 3. The molecule has 2 aliphatic heterocycles. The van der Waals surface area contributed by atoms with Gasteiger partial charge in [0.2, 0.25) is 5.88 Å². The molecule has 0 unspecified atom stereocenters. The smallest absolute Gasteiger partial charge is 0.323 e. The maximum atomic E-state index is 12.7. The second-order valence-corrected chi connectivity index (χ2v) is 8.46. The zero-order valence-corrected chi connectivity index (χ0v) is 19.1. The number of phenolic OH excluding ortho intramolecular Hbond substituents is 1. The van der Waals surface area contributed by atoms with Crippen molar-refractivity contribution in [1.82, 2.24) is 15.1 Å². The number of urea groups is 1. The van der Waals surface area contributed by atoms with Crippen molar-refractivity contribution >= 4 is 51.2 Å². The molecule has 1 saturated heterocycles. The number of aromatic hydroxyl groups is 1. The van der Waals surface area contributed by atoms with E-state index in [0.717, 1.165) is 0 Å². The highest BCUT2D eigenvalue weighted by atomic mass is 35.5. The molecule has 0 radical (unpaired) electrons. The maximum Gasteiger partial charge on any atom is 0.323 e. The van der Waals surface area contributed by atoms with E-state index in [0.29, 0.717) is 59.2 Å². The Hall–Kier alpha value is -2.40. The number of hydrogen-bond acceptors (Lipinski definition) is 8. The summed E-state index contributed by atoms with van der Waals surface area (Å²) in [6.07, 6.45) is 1.37. The average molecular weight is 485 g/mol. The second-order valence-electron chi connectivity index (χ2n) is 6.64. The van der Waals surface area contributed by atoms with Gasteiger partial charge in [0.05, 0.1) is 12.1 Å². The van der Waals surface area contributed by atoms with E-state index < -0.39 is 0 Å². The maximum absolute atomic E-state index is 12.7. The minimum Gasteiger partial charge on any atom is -0.506 e. The Morgan fingerprint density at radius 1 is 1.42 bits per heavy atom. The molecule has 0 aromatic heterocycles. The normalized spacial score (nSPS) is 19.9. The van der Waals surface area contributed by atoms with Gasteiger partial charge in [0.1, 0.15) is 10.8 Å². The SMILES string of the molecule is C=C/N=C1/SC(NC(=O)N2CCN(Cc3cc(Cl)cc(Cl)c3O)CC2)=N/C1=C(/N)OC. The molecule has 0 aliphatic carbocycles. The van der Waals surface area contributed by atoms with Gasteiger partial charge in [-0.25, -0.2) is 14.8 Å². The Morgan fingerprint density at radius 2 is 2.13 bits per heavy atom. The van der Waals surface area contributed by atoms with Crippen LogP contribution >= 0.6 is 35.0 Å². The predicted molar refractivity (Wildman–Crippen MR) is 124 cm³/mol. The molecular weight excluding hydrogens is 463 g/mol. The highest BCUT2D eigenvalue weighted by molar-refractivity contribution is 8.27. The Bertz CT molecular complexity index is 974. The third-order valence-electron chi connectivity index (χ3n) is 4.65. The fourth-order valence-electron chi connectivity index (χ4n) is 3.05. The van der Waals surface area contributed by atoms with Gasteiger partial charge >= 0.3 is 6.03 Å². The molecule has 166 valence electrons. The van der Waals surface area contributed by atoms with E-state index in [4.69, 9.17) is 33.7 Å². The molecule has 9 nitrogen and oxygen atoms in total. The molecule has 2 amide bonds. The topological polar surface area (TPSA) is 116 Å². The first-order chi connectivity index (χ1) is 14.8. The van der Waals surface area contributed by atoms with Crippen molar-refractivity contribution in [1.29, 1.82) is 0 Å². The van der Waals surface area contributed by atoms with Crippen LogP contribution in [0.2, 0.25) is 10.0 Å². The van der Waals surface area contributed by atoms with Crippen molar-refractivity contribution in [3.8, 4) is 5.75 Å². The largest absolute Gasteiger partial charge is 0.506 e. The van der Waals surface area contributed by atoms with Crippen LogP contribution < -0.4 is 11.1 Å². The number of piperazine rings is 1. The fourth-order valence-corrected chi connectivity index (χ4v) is 4.42. The van der Waals surface area contributed by atoms with E-state index >= 15 is 0 Å². The Labute approximate surface area is 194 Å². The van der Waals surface area contributed by atoms with E-state index in [1.807, 2.05) is 0 Å². The molecule has 1 aromatic carbocycles. The molecular formula is C19H22Cl2N6O3S. The van der Waals surface area contributed by atoms with Gasteiger partial charge in [-0.2, -0.15) is 0 Å². The zero-order chi connectivity index (χ0) is 22.5. The molecule has 1 fully saturated rings. The van der Waals surface area contributed by atoms with Crippen LogP contribution in [0, 0.1) is 0 Å². The number of phenols is 1. The van der Waals surface area contributed by atoms with Crippen LogP contribution in [0.1, 0.15) is 5.56 Å². The fraction of sp³-hybridized carbons (Fsp3) is 0.316. The Morgan fingerprint density at radius 3 is 2.77 bits per heavy atom. The van der Waals surface area contributed by atoms with Crippen molar-refractivity contribution in [2.75, 3.05) is 33.3 Å². The van der Waals surface area contributed by atoms with Crippen LogP contribution in [0.15, 0.2) is 46.5 Å². The lowest BCUT2D eigenvalue weighted by atomic mass is 10.1. The molecule has 0 saturated carbocycles. The number of halogens is 2. The highest BCUT2D eigenvalue weighted by Crippen LogP contribution is 2.32. The molecule has 12 heteroatoms. The standard InChI is InChI=1S/C19H22Cl2N6O3S/c1-3-23-17-14(16(22)30-2)24-18(31-17)25-19(29)27-6-4-26(5-7-27)10-11-8-12(20)9-13(21)15(11)28/h3,8-9,28H,1,4-7,10,22H2,2H3,(H,24,25,29)/b16-14-,23-17+. The van der Waals surface area contributed by atoms with Crippen molar-refractivity contribution < 1.29 is 14.6 Å². The predicted octanol–water partition coefficient (Wildman–Crippen LogP) is 2.95. The molecule has 0 atom stereocenters. The van der Waals surface area contributed by atoms with Gasteiger partial charge in [-0.05, 0) is 23.9 Å². The number of aliphatic imine (C=N–C) groups is 2. The van der Waals surface area contributed by atoms with Crippen LogP contribution in [-0.2, 0) is 11.3 Å². The molecule has 0 bridgehead atoms. The van der Waals surface area contributed by atoms with Crippen LogP contribution in [0.5, 0.6) is 5.75 Å². The van der Waals surface area contributed by atoms with Gasteiger partial charge in [0.15, 0.2) is 10.9 Å². The van der Waals surface area contributed by atoms with Gasteiger partial charge in [-0.15, -0.1) is 0 Å². The van der Waals surface area contributed by atoms with E-state index in [2.05, 4.69) is 26.8 Å².